The first kappa shape index (κ1) is 34.5. The highest BCUT2D eigenvalue weighted by atomic mass is 16.7. The number of rotatable bonds is 15. The lowest BCUT2D eigenvalue weighted by molar-refractivity contribution is -0.144. The second kappa shape index (κ2) is 16.5. The second-order valence-corrected chi connectivity index (χ2v) is 10.7. The summed E-state index contributed by atoms with van der Waals surface area (Å²) in [5.41, 5.74) is 4.69. The van der Waals surface area contributed by atoms with Crippen LogP contribution in [-0.4, -0.2) is 60.5 Å². The van der Waals surface area contributed by atoms with E-state index in [-0.39, 0.29) is 37.6 Å². The number of carbonyl (C=O) groups is 4. The van der Waals surface area contributed by atoms with Crippen molar-refractivity contribution in [3.63, 3.8) is 0 Å². The molecule has 0 amide bonds. The molecule has 12 nitrogen and oxygen atoms in total. The molecule has 0 fully saturated rings. The topological polar surface area (TPSA) is 170 Å². The summed E-state index contributed by atoms with van der Waals surface area (Å²) in [5, 5.41) is 9.89. The molecule has 0 spiro atoms. The lowest BCUT2D eigenvalue weighted by Crippen LogP contribution is -2.52. The van der Waals surface area contributed by atoms with Crippen LogP contribution in [0.3, 0.4) is 0 Å². The van der Waals surface area contributed by atoms with Crippen molar-refractivity contribution in [2.45, 2.75) is 91.9 Å². The minimum absolute atomic E-state index is 0.117. The van der Waals surface area contributed by atoms with E-state index in [1.165, 1.54) is 25.1 Å². The summed E-state index contributed by atoms with van der Waals surface area (Å²) in [4.78, 5) is 48.5. The summed E-state index contributed by atoms with van der Waals surface area (Å²) in [5.74, 6) is -1.06. The van der Waals surface area contributed by atoms with Gasteiger partial charge >= 0.3 is 24.4 Å². The number of benzene rings is 1. The average Bonchev–Trinajstić information content (AvgIpc) is 2.79. The maximum absolute atomic E-state index is 12.3. The first-order chi connectivity index (χ1) is 18.6. The van der Waals surface area contributed by atoms with Crippen molar-refractivity contribution in [2.75, 3.05) is 13.2 Å². The van der Waals surface area contributed by atoms with E-state index in [0.29, 0.717) is 30.2 Å². The molecule has 0 saturated heterocycles. The van der Waals surface area contributed by atoms with E-state index >= 15 is 0 Å². The monoisotopic (exact) mass is 569 g/mol. The van der Waals surface area contributed by atoms with Gasteiger partial charge in [-0.3, -0.25) is 4.79 Å². The van der Waals surface area contributed by atoms with Gasteiger partial charge in [-0.05, 0) is 63.1 Å². The third-order valence-electron chi connectivity index (χ3n) is 5.45. The van der Waals surface area contributed by atoms with Crippen molar-refractivity contribution in [2.24, 2.45) is 17.6 Å². The molecule has 1 aromatic carbocycles. The standard InChI is InChI=1S/C28H43NO11/c1-17(2)10-12-35-25(32)39-22-9-8-21(14-23(22)40-26(33)36-13-11-18(3)4)16-28(29,24(30)31)15-20(7)38-27(34)37-19(5)6/h8-9,14,17-20H,10-13,15-16,29H2,1-7H3,(H,30,31)/t20-,28?/m0/s1. The summed E-state index contributed by atoms with van der Waals surface area (Å²) in [6.07, 6.45) is -3.51. The highest BCUT2D eigenvalue weighted by Crippen LogP contribution is 2.31. The number of carboxylic acids is 1. The summed E-state index contributed by atoms with van der Waals surface area (Å²) in [7, 11) is 0. The fourth-order valence-corrected chi connectivity index (χ4v) is 3.36. The molecule has 226 valence electrons. The van der Waals surface area contributed by atoms with Gasteiger partial charge in [0.25, 0.3) is 0 Å². The molecule has 0 heterocycles. The highest BCUT2D eigenvalue weighted by molar-refractivity contribution is 5.79. The summed E-state index contributed by atoms with van der Waals surface area (Å²) < 4.78 is 30.7. The third-order valence-corrected chi connectivity index (χ3v) is 5.45. The molecule has 0 bridgehead atoms. The van der Waals surface area contributed by atoms with Gasteiger partial charge in [-0.1, -0.05) is 33.8 Å². The Labute approximate surface area is 235 Å². The van der Waals surface area contributed by atoms with Crippen LogP contribution < -0.4 is 15.2 Å². The number of carbonyl (C=O) groups excluding carboxylic acids is 3. The van der Waals surface area contributed by atoms with E-state index in [2.05, 4.69) is 0 Å². The molecule has 0 aromatic heterocycles. The van der Waals surface area contributed by atoms with Gasteiger partial charge < -0.3 is 39.3 Å². The SMILES string of the molecule is CC(C)CCOC(=O)Oc1ccc(CC(N)(C[C@H](C)OC(=O)OC(C)C)C(=O)O)cc1OC(=O)OCCC(C)C. The largest absolute Gasteiger partial charge is 0.513 e. The number of hydrogen-bond donors (Lipinski definition) is 2. The molecule has 0 aliphatic rings. The van der Waals surface area contributed by atoms with Crippen LogP contribution in [0.25, 0.3) is 0 Å². The fraction of sp³-hybridized carbons (Fsp3) is 0.643. The Morgan fingerprint density at radius 1 is 0.800 bits per heavy atom. The van der Waals surface area contributed by atoms with Crippen LogP contribution in [0.1, 0.15) is 73.3 Å². The Bertz CT molecular complexity index is 992. The number of ether oxygens (including phenoxy) is 6. The molecule has 40 heavy (non-hydrogen) atoms. The Kier molecular flexibility index (Phi) is 14.3. The van der Waals surface area contributed by atoms with Gasteiger partial charge in [0.15, 0.2) is 11.5 Å². The maximum Gasteiger partial charge on any atom is 0.513 e. The lowest BCUT2D eigenvalue weighted by atomic mass is 9.86. The maximum atomic E-state index is 12.3. The Hall–Kier alpha value is -3.54. The average molecular weight is 570 g/mol. The van der Waals surface area contributed by atoms with E-state index in [4.69, 9.17) is 34.2 Å². The summed E-state index contributed by atoms with van der Waals surface area (Å²) in [6, 6.07) is 4.12. The van der Waals surface area contributed by atoms with Gasteiger partial charge in [0, 0.05) is 12.8 Å². The van der Waals surface area contributed by atoms with Gasteiger partial charge in [0.2, 0.25) is 0 Å². The molecule has 0 aliphatic heterocycles. The first-order valence-electron chi connectivity index (χ1n) is 13.3. The molecule has 3 N–H and O–H groups in total. The molecule has 0 aliphatic carbocycles. The van der Waals surface area contributed by atoms with Crippen LogP contribution in [0.5, 0.6) is 11.5 Å². The van der Waals surface area contributed by atoms with Gasteiger partial charge in [-0.15, -0.1) is 0 Å². The van der Waals surface area contributed by atoms with Gasteiger partial charge in [-0.2, -0.15) is 0 Å². The van der Waals surface area contributed by atoms with E-state index in [1.807, 2.05) is 27.7 Å². The van der Waals surface area contributed by atoms with Crippen molar-refractivity contribution in [3.05, 3.63) is 23.8 Å². The van der Waals surface area contributed by atoms with E-state index in [9.17, 15) is 24.3 Å². The molecule has 0 saturated carbocycles. The zero-order valence-electron chi connectivity index (χ0n) is 24.4. The van der Waals surface area contributed by atoms with Crippen molar-refractivity contribution >= 4 is 24.4 Å². The van der Waals surface area contributed by atoms with Crippen molar-refractivity contribution in [1.29, 1.82) is 0 Å². The quantitative estimate of drug-likeness (QED) is 0.155. The molecule has 1 unspecified atom stereocenters. The molecule has 0 radical (unpaired) electrons. The molecule has 1 rings (SSSR count). The molecule has 2 atom stereocenters. The van der Waals surface area contributed by atoms with E-state index in [1.54, 1.807) is 13.8 Å². The summed E-state index contributed by atoms with van der Waals surface area (Å²) >= 11 is 0. The first-order valence-corrected chi connectivity index (χ1v) is 13.3. The predicted octanol–water partition coefficient (Wildman–Crippen LogP) is 5.47. The molecular formula is C28H43NO11. The molecule has 1 aromatic rings. The third kappa shape index (κ3) is 13.5. The van der Waals surface area contributed by atoms with Crippen molar-refractivity contribution in [1.82, 2.24) is 0 Å². The van der Waals surface area contributed by atoms with E-state index < -0.39 is 42.2 Å². The number of aliphatic carboxylic acids is 1. The van der Waals surface area contributed by atoms with Crippen molar-refractivity contribution < 1.29 is 52.7 Å². The van der Waals surface area contributed by atoms with Crippen LogP contribution in [-0.2, 0) is 30.2 Å². The van der Waals surface area contributed by atoms with Crippen LogP contribution in [0.2, 0.25) is 0 Å². The van der Waals surface area contributed by atoms with Crippen LogP contribution >= 0.6 is 0 Å². The Balaban J connectivity index is 3.13. The Morgan fingerprint density at radius 2 is 1.32 bits per heavy atom. The fourth-order valence-electron chi connectivity index (χ4n) is 3.36. The number of carboxylic acid groups (broad SMARTS) is 1. The van der Waals surface area contributed by atoms with Crippen LogP contribution in [0.15, 0.2) is 18.2 Å². The number of hydrogen-bond acceptors (Lipinski definition) is 11. The number of nitrogens with two attached hydrogens (primary N) is 1. The van der Waals surface area contributed by atoms with Crippen LogP contribution in [0, 0.1) is 11.8 Å². The predicted molar refractivity (Wildman–Crippen MR) is 144 cm³/mol. The molecular weight excluding hydrogens is 526 g/mol. The smallest absolute Gasteiger partial charge is 0.480 e. The minimum Gasteiger partial charge on any atom is -0.480 e. The molecule has 12 heteroatoms. The van der Waals surface area contributed by atoms with Crippen LogP contribution in [0.4, 0.5) is 14.4 Å². The normalized spacial score (nSPS) is 13.4. The lowest BCUT2D eigenvalue weighted by Gasteiger charge is -2.28. The van der Waals surface area contributed by atoms with E-state index in [0.717, 1.165) is 0 Å². The van der Waals surface area contributed by atoms with Gasteiger partial charge in [0.05, 0.1) is 19.3 Å². The zero-order valence-corrected chi connectivity index (χ0v) is 24.4. The van der Waals surface area contributed by atoms with Gasteiger partial charge in [0.1, 0.15) is 11.6 Å². The highest BCUT2D eigenvalue weighted by Gasteiger charge is 2.37. The summed E-state index contributed by atoms with van der Waals surface area (Å²) in [6.45, 7) is 12.9. The van der Waals surface area contributed by atoms with Crippen molar-refractivity contribution in [3.8, 4) is 11.5 Å². The minimum atomic E-state index is -1.87. The second-order valence-electron chi connectivity index (χ2n) is 10.7. The van der Waals surface area contributed by atoms with Gasteiger partial charge in [-0.25, -0.2) is 14.4 Å². The zero-order chi connectivity index (χ0) is 30.5. The Morgan fingerprint density at radius 3 is 1.80 bits per heavy atom.